The number of aromatic nitrogens is 6. The van der Waals surface area contributed by atoms with Gasteiger partial charge < -0.3 is 25.4 Å². The summed E-state index contributed by atoms with van der Waals surface area (Å²) in [5.74, 6) is 2.33. The number of aliphatic imine (C=N–C) groups is 2. The molecule has 0 bridgehead atoms. The third-order valence-corrected chi connectivity index (χ3v) is 14.4. The lowest BCUT2D eigenvalue weighted by atomic mass is 9.76. The fourth-order valence-electron chi connectivity index (χ4n) is 8.95. The highest BCUT2D eigenvalue weighted by atomic mass is 32.1. The molecule has 2 saturated heterocycles. The van der Waals surface area contributed by atoms with Crippen molar-refractivity contribution in [3.05, 3.63) is 80.3 Å². The Labute approximate surface area is 339 Å². The molecule has 10 heterocycles. The Bertz CT molecular complexity index is 2730. The Balaban J connectivity index is 0.000000136. The largest absolute Gasteiger partial charge is 0.481 e. The van der Waals surface area contributed by atoms with Gasteiger partial charge in [0.25, 0.3) is 0 Å². The lowest BCUT2D eigenvalue weighted by Gasteiger charge is -2.55. The van der Waals surface area contributed by atoms with E-state index in [0.717, 1.165) is 123 Å². The van der Waals surface area contributed by atoms with E-state index in [9.17, 15) is 14.7 Å². The first-order chi connectivity index (χ1) is 28.4. The van der Waals surface area contributed by atoms with Crippen molar-refractivity contribution in [1.82, 2.24) is 34.8 Å². The van der Waals surface area contributed by atoms with Gasteiger partial charge in [-0.15, -0.1) is 22.7 Å². The van der Waals surface area contributed by atoms with Gasteiger partial charge in [-0.3, -0.25) is 19.6 Å². The van der Waals surface area contributed by atoms with Crippen molar-refractivity contribution in [3.8, 4) is 0 Å². The van der Waals surface area contributed by atoms with E-state index in [1.807, 2.05) is 41.9 Å². The highest BCUT2D eigenvalue weighted by molar-refractivity contribution is 7.19. The standard InChI is InChI=1S/C23H22N6O2S.C18H15N5O2S/c30-22(29-8-23(9-29)10-31-11-23)13-1-2-16-17(3-13)32-21-19(16)20(26-12-27-21)28-18-4-14-5-24-6-15(14)7-25-18;24-18(25)9-1-2-12-13(3-9)26-17-15(12)16(21-8-22-17)23-14-4-10-5-19-6-11(10)7-20-14/h4-5,7,12-13H,1-3,6,8-11H2,(H,25,26,27,28);4-5,7-9H,1-3,6H2,(H,24,25)(H,20,21,22,23)/t13-;9-/m00/s1. The van der Waals surface area contributed by atoms with E-state index in [1.54, 1.807) is 29.0 Å². The van der Waals surface area contributed by atoms with Gasteiger partial charge in [-0.05, 0) is 61.8 Å². The van der Waals surface area contributed by atoms with E-state index in [2.05, 4.69) is 50.5 Å². The average Bonchev–Trinajstić information content (AvgIpc) is 4.01. The Morgan fingerprint density at radius 3 is 1.79 bits per heavy atom. The topological polar surface area (TPSA) is 193 Å². The minimum Gasteiger partial charge on any atom is -0.481 e. The van der Waals surface area contributed by atoms with Gasteiger partial charge in [0, 0.05) is 75.8 Å². The quantitative estimate of drug-likeness (QED) is 0.187. The van der Waals surface area contributed by atoms with Gasteiger partial charge in [0.2, 0.25) is 5.91 Å². The summed E-state index contributed by atoms with van der Waals surface area (Å²) in [4.78, 5) is 66.1. The second-order valence-electron chi connectivity index (χ2n) is 15.9. The van der Waals surface area contributed by atoms with Crippen LogP contribution in [-0.2, 0) is 53.1 Å². The SMILES string of the molecule is O=C(O)[C@H]1CCc2c(sc3ncnc(Nc4cc5c(cn4)CN=C5)c23)C1.O=C([C@H]1CCc2c(sc3ncnc(Nc4cc5c(cn4)CN=C5)c23)C1)N1CC2(COC2)C1. The number of rotatable bonds is 6. The molecule has 1 amide bonds. The molecular formula is C41H37N11O4S2. The van der Waals surface area contributed by atoms with Crippen LogP contribution in [-0.4, -0.2) is 90.5 Å². The van der Waals surface area contributed by atoms with Crippen LogP contribution in [0.25, 0.3) is 20.4 Å². The molecule has 6 aromatic rings. The lowest BCUT2D eigenvalue weighted by Crippen LogP contribution is -2.68. The van der Waals surface area contributed by atoms with E-state index in [-0.39, 0.29) is 17.3 Å². The van der Waals surface area contributed by atoms with Crippen LogP contribution in [0.15, 0.2) is 47.2 Å². The van der Waals surface area contributed by atoms with E-state index >= 15 is 0 Å². The molecule has 15 nitrogen and oxygen atoms in total. The number of hydrogen-bond acceptors (Lipinski definition) is 15. The number of aryl methyl sites for hydroxylation is 2. The summed E-state index contributed by atoms with van der Waals surface area (Å²) in [7, 11) is 0. The number of likely N-dealkylation sites (tertiary alicyclic amines) is 1. The van der Waals surface area contributed by atoms with Crippen LogP contribution in [0.5, 0.6) is 0 Å². The zero-order chi connectivity index (χ0) is 39.0. The zero-order valence-corrected chi connectivity index (χ0v) is 32.9. The predicted octanol–water partition coefficient (Wildman–Crippen LogP) is 5.68. The summed E-state index contributed by atoms with van der Waals surface area (Å²) in [6.45, 7) is 4.72. The molecule has 0 aromatic carbocycles. The fraction of sp³-hybridized carbons (Fsp3) is 0.366. The number of carbonyl (C=O) groups excluding carboxylic acids is 1. The molecular weight excluding hydrogens is 775 g/mol. The van der Waals surface area contributed by atoms with E-state index in [1.165, 1.54) is 22.3 Å². The Morgan fingerprint density at radius 2 is 1.28 bits per heavy atom. The third-order valence-electron chi connectivity index (χ3n) is 12.1. The number of carboxylic acid groups (broad SMARTS) is 1. The van der Waals surface area contributed by atoms with Crippen molar-refractivity contribution in [2.24, 2.45) is 27.2 Å². The number of ether oxygens (including phenoxy) is 1. The van der Waals surface area contributed by atoms with Crippen molar-refractivity contribution in [2.45, 2.75) is 51.6 Å². The lowest BCUT2D eigenvalue weighted by molar-refractivity contribution is -0.197. The molecule has 17 heteroatoms. The van der Waals surface area contributed by atoms with Crippen LogP contribution in [0.4, 0.5) is 23.3 Å². The Hall–Kier alpha value is -5.78. The normalized spacial score (nSPS) is 20.4. The summed E-state index contributed by atoms with van der Waals surface area (Å²) < 4.78 is 5.34. The first-order valence-corrected chi connectivity index (χ1v) is 21.1. The second-order valence-corrected chi connectivity index (χ2v) is 18.1. The molecule has 2 atom stereocenters. The van der Waals surface area contributed by atoms with Crippen molar-refractivity contribution >= 4 is 90.7 Å². The van der Waals surface area contributed by atoms with Crippen molar-refractivity contribution in [1.29, 1.82) is 0 Å². The van der Waals surface area contributed by atoms with Crippen LogP contribution in [0, 0.1) is 17.3 Å². The van der Waals surface area contributed by atoms with E-state index in [0.29, 0.717) is 31.8 Å². The minimum atomic E-state index is -0.721. The van der Waals surface area contributed by atoms with E-state index in [4.69, 9.17) is 4.74 Å². The predicted molar refractivity (Wildman–Crippen MR) is 221 cm³/mol. The van der Waals surface area contributed by atoms with Gasteiger partial charge in [-0.1, -0.05) is 0 Å². The maximum atomic E-state index is 13.1. The van der Waals surface area contributed by atoms with Gasteiger partial charge in [-0.25, -0.2) is 29.9 Å². The number of hydrogen-bond donors (Lipinski definition) is 3. The maximum absolute atomic E-state index is 13.1. The third kappa shape index (κ3) is 6.19. The molecule has 3 N–H and O–H groups in total. The fourth-order valence-corrected chi connectivity index (χ4v) is 11.5. The number of carbonyl (C=O) groups is 2. The van der Waals surface area contributed by atoms with Gasteiger partial charge in [0.05, 0.1) is 48.4 Å². The maximum Gasteiger partial charge on any atom is 0.306 e. The molecule has 12 rings (SSSR count). The van der Waals surface area contributed by atoms with Gasteiger partial charge in [-0.2, -0.15) is 0 Å². The number of nitrogens with one attached hydrogen (secondary N) is 2. The van der Waals surface area contributed by atoms with Gasteiger partial charge in [0.1, 0.15) is 45.6 Å². The molecule has 6 aliphatic rings. The molecule has 2 aliphatic carbocycles. The molecule has 0 radical (unpaired) electrons. The summed E-state index contributed by atoms with van der Waals surface area (Å²) in [5.41, 5.74) is 7.16. The van der Waals surface area contributed by atoms with Crippen LogP contribution in [0.1, 0.15) is 56.0 Å². The summed E-state index contributed by atoms with van der Waals surface area (Å²) in [6.07, 6.45) is 15.1. The van der Waals surface area contributed by atoms with Crippen molar-refractivity contribution < 1.29 is 19.4 Å². The van der Waals surface area contributed by atoms with Gasteiger partial charge in [0.15, 0.2) is 0 Å². The summed E-state index contributed by atoms with van der Waals surface area (Å²) in [6, 6.07) is 3.99. The molecule has 6 aromatic heterocycles. The van der Waals surface area contributed by atoms with Crippen LogP contribution < -0.4 is 10.6 Å². The second kappa shape index (κ2) is 14.0. The van der Waals surface area contributed by atoms with Crippen molar-refractivity contribution in [3.63, 3.8) is 0 Å². The van der Waals surface area contributed by atoms with Crippen LogP contribution in [0.2, 0.25) is 0 Å². The number of pyridine rings is 2. The smallest absolute Gasteiger partial charge is 0.306 e. The minimum absolute atomic E-state index is 0.0657. The molecule has 58 heavy (non-hydrogen) atoms. The molecule has 292 valence electrons. The first kappa shape index (κ1) is 35.4. The van der Waals surface area contributed by atoms with Crippen LogP contribution in [0.3, 0.4) is 0 Å². The number of thiophene rings is 2. The summed E-state index contributed by atoms with van der Waals surface area (Å²) >= 11 is 3.26. The monoisotopic (exact) mass is 811 g/mol. The highest BCUT2D eigenvalue weighted by Gasteiger charge is 2.51. The number of fused-ring (bicyclic) bond motifs is 8. The first-order valence-electron chi connectivity index (χ1n) is 19.5. The number of amides is 1. The Kier molecular flexibility index (Phi) is 8.51. The Morgan fingerprint density at radius 1 is 0.741 bits per heavy atom. The summed E-state index contributed by atoms with van der Waals surface area (Å²) in [5, 5.41) is 18.1. The van der Waals surface area contributed by atoms with Gasteiger partial charge >= 0.3 is 5.97 Å². The molecule has 0 unspecified atom stereocenters. The highest BCUT2D eigenvalue weighted by Crippen LogP contribution is 2.44. The average molecular weight is 812 g/mol. The van der Waals surface area contributed by atoms with Crippen LogP contribution >= 0.6 is 22.7 Å². The molecule has 1 spiro atoms. The van der Waals surface area contributed by atoms with Crippen molar-refractivity contribution in [2.75, 3.05) is 36.9 Å². The molecule has 4 aliphatic heterocycles. The zero-order valence-electron chi connectivity index (χ0n) is 31.3. The number of carboxylic acids is 1. The number of nitrogens with zero attached hydrogens (tertiary/aromatic N) is 9. The van der Waals surface area contributed by atoms with E-state index < -0.39 is 5.97 Å². The molecule has 0 saturated carbocycles. The molecule has 2 fully saturated rings. The number of anilines is 4. The number of aliphatic carboxylic acids is 1.